The van der Waals surface area contributed by atoms with Crippen LogP contribution in [0.4, 0.5) is 5.82 Å². The summed E-state index contributed by atoms with van der Waals surface area (Å²) < 4.78 is 7.78. The lowest BCUT2D eigenvalue weighted by molar-refractivity contribution is 0.309. The Morgan fingerprint density at radius 2 is 2.08 bits per heavy atom. The molecule has 0 amide bonds. The zero-order valence-corrected chi connectivity index (χ0v) is 13.9. The van der Waals surface area contributed by atoms with E-state index in [-0.39, 0.29) is 0 Å². The van der Waals surface area contributed by atoms with Crippen molar-refractivity contribution in [3.05, 3.63) is 47.7 Å². The predicted octanol–water partition coefficient (Wildman–Crippen LogP) is 2.22. The molecule has 0 radical (unpaired) electrons. The van der Waals surface area contributed by atoms with Crippen LogP contribution >= 0.6 is 0 Å². The number of ether oxygens (including phenoxy) is 1. The number of fused-ring (bicyclic) bond motifs is 1. The minimum Gasteiger partial charge on any atom is -0.486 e. The lowest BCUT2D eigenvalue weighted by Gasteiger charge is -2.09. The summed E-state index contributed by atoms with van der Waals surface area (Å²) in [5.41, 5.74) is 11.0. The van der Waals surface area contributed by atoms with E-state index < -0.39 is 0 Å². The van der Waals surface area contributed by atoms with Gasteiger partial charge in [0.05, 0.1) is 11.4 Å². The highest BCUT2D eigenvalue weighted by molar-refractivity contribution is 5.78. The number of nitrogens with two attached hydrogens (primary N) is 1. The molecule has 4 aromatic rings. The van der Waals surface area contributed by atoms with Crippen molar-refractivity contribution in [2.75, 3.05) is 5.73 Å². The first-order valence-corrected chi connectivity index (χ1v) is 7.80. The minimum absolute atomic E-state index is 0.343. The Labute approximate surface area is 143 Å². The van der Waals surface area contributed by atoms with Gasteiger partial charge in [-0.25, -0.2) is 4.98 Å². The van der Waals surface area contributed by atoms with Gasteiger partial charge in [0.2, 0.25) is 5.65 Å². The molecule has 3 N–H and O–H groups in total. The maximum Gasteiger partial charge on any atom is 0.207 e. The molecule has 0 aliphatic rings. The molecule has 3 heterocycles. The number of anilines is 1. The molecule has 0 saturated carbocycles. The first-order valence-electron chi connectivity index (χ1n) is 7.80. The monoisotopic (exact) mass is 335 g/mol. The second kappa shape index (κ2) is 5.90. The number of hydrogen-bond donors (Lipinski definition) is 2. The van der Waals surface area contributed by atoms with Crippen LogP contribution in [-0.4, -0.2) is 30.2 Å². The van der Waals surface area contributed by atoms with Gasteiger partial charge in [0.15, 0.2) is 11.3 Å². The van der Waals surface area contributed by atoms with Crippen molar-refractivity contribution in [2.24, 2.45) is 7.05 Å². The van der Waals surface area contributed by atoms with Gasteiger partial charge >= 0.3 is 0 Å². The Balaban J connectivity index is 1.60. The molecule has 0 bridgehead atoms. The van der Waals surface area contributed by atoms with Gasteiger partial charge in [-0.2, -0.15) is 15.4 Å². The summed E-state index contributed by atoms with van der Waals surface area (Å²) in [6, 6.07) is 11.9. The van der Waals surface area contributed by atoms with Crippen LogP contribution in [-0.2, 0) is 13.7 Å². The average Bonchev–Trinajstić information content (AvgIpc) is 3.18. The third kappa shape index (κ3) is 2.89. The molecular weight excluding hydrogens is 318 g/mol. The van der Waals surface area contributed by atoms with E-state index in [2.05, 4.69) is 43.7 Å². The summed E-state index contributed by atoms with van der Waals surface area (Å²) in [5.74, 6) is 0.897. The number of aromatic amines is 1. The SMILES string of the molecule is Cc1cc(-c2cccc(COc3cc(N)nc4n[nH]nc34)c2)n(C)n1. The van der Waals surface area contributed by atoms with Crippen molar-refractivity contribution in [1.82, 2.24) is 30.2 Å². The van der Waals surface area contributed by atoms with E-state index in [4.69, 9.17) is 10.5 Å². The van der Waals surface area contributed by atoms with Crippen LogP contribution in [0.3, 0.4) is 0 Å². The van der Waals surface area contributed by atoms with Crippen LogP contribution in [0.15, 0.2) is 36.4 Å². The van der Waals surface area contributed by atoms with Crippen LogP contribution < -0.4 is 10.5 Å². The molecule has 0 atom stereocenters. The van der Waals surface area contributed by atoms with Crippen molar-refractivity contribution >= 4 is 17.0 Å². The normalized spacial score (nSPS) is 11.1. The third-order valence-electron chi connectivity index (χ3n) is 3.90. The Morgan fingerprint density at radius 3 is 2.88 bits per heavy atom. The van der Waals surface area contributed by atoms with E-state index in [0.29, 0.717) is 29.3 Å². The number of aryl methyl sites for hydroxylation is 2. The van der Waals surface area contributed by atoms with Crippen LogP contribution in [0.25, 0.3) is 22.4 Å². The van der Waals surface area contributed by atoms with E-state index in [1.807, 2.05) is 30.8 Å². The van der Waals surface area contributed by atoms with Gasteiger partial charge in [-0.05, 0) is 24.6 Å². The molecule has 0 saturated heterocycles. The molecule has 8 heteroatoms. The molecule has 0 fully saturated rings. The molecular formula is C17H17N7O. The van der Waals surface area contributed by atoms with Gasteiger partial charge in [-0.3, -0.25) is 4.68 Å². The number of nitrogens with zero attached hydrogens (tertiary/aromatic N) is 5. The van der Waals surface area contributed by atoms with Crippen molar-refractivity contribution < 1.29 is 4.74 Å². The fraction of sp³-hybridized carbons (Fsp3) is 0.176. The van der Waals surface area contributed by atoms with Gasteiger partial charge < -0.3 is 10.5 Å². The second-order valence-corrected chi connectivity index (χ2v) is 5.82. The van der Waals surface area contributed by atoms with Crippen molar-refractivity contribution in [2.45, 2.75) is 13.5 Å². The molecule has 1 aromatic carbocycles. The predicted molar refractivity (Wildman–Crippen MR) is 93.8 cm³/mol. The first-order chi connectivity index (χ1) is 12.1. The Morgan fingerprint density at radius 1 is 1.20 bits per heavy atom. The Bertz CT molecular complexity index is 1050. The highest BCUT2D eigenvalue weighted by Crippen LogP contribution is 2.25. The molecule has 0 aliphatic carbocycles. The highest BCUT2D eigenvalue weighted by atomic mass is 16.5. The molecule has 8 nitrogen and oxygen atoms in total. The van der Waals surface area contributed by atoms with E-state index in [0.717, 1.165) is 22.5 Å². The quantitative estimate of drug-likeness (QED) is 0.592. The number of aromatic nitrogens is 6. The zero-order valence-electron chi connectivity index (χ0n) is 13.9. The summed E-state index contributed by atoms with van der Waals surface area (Å²) in [4.78, 5) is 4.10. The first kappa shape index (κ1) is 15.1. The highest BCUT2D eigenvalue weighted by Gasteiger charge is 2.11. The van der Waals surface area contributed by atoms with Gasteiger partial charge in [0, 0.05) is 18.7 Å². The summed E-state index contributed by atoms with van der Waals surface area (Å²) >= 11 is 0. The smallest absolute Gasteiger partial charge is 0.207 e. The van der Waals surface area contributed by atoms with Crippen molar-refractivity contribution in [1.29, 1.82) is 0 Å². The number of nitrogens with one attached hydrogen (secondary N) is 1. The minimum atomic E-state index is 0.343. The number of pyridine rings is 1. The molecule has 0 aliphatic heterocycles. The fourth-order valence-corrected chi connectivity index (χ4v) is 2.80. The lowest BCUT2D eigenvalue weighted by atomic mass is 10.1. The van der Waals surface area contributed by atoms with Crippen molar-refractivity contribution in [3.8, 4) is 17.0 Å². The van der Waals surface area contributed by atoms with Gasteiger partial charge in [0.25, 0.3) is 0 Å². The topological polar surface area (TPSA) is 108 Å². The molecule has 3 aromatic heterocycles. The number of benzene rings is 1. The maximum absolute atomic E-state index is 5.91. The summed E-state index contributed by atoms with van der Waals surface area (Å²) in [6.07, 6.45) is 0. The number of rotatable bonds is 4. The maximum atomic E-state index is 5.91. The summed E-state index contributed by atoms with van der Waals surface area (Å²) in [5, 5.41) is 14.9. The van der Waals surface area contributed by atoms with Crippen molar-refractivity contribution in [3.63, 3.8) is 0 Å². The van der Waals surface area contributed by atoms with E-state index >= 15 is 0 Å². The van der Waals surface area contributed by atoms with E-state index in [1.54, 1.807) is 6.07 Å². The lowest BCUT2D eigenvalue weighted by Crippen LogP contribution is -2.00. The van der Waals surface area contributed by atoms with E-state index in [1.165, 1.54) is 0 Å². The average molecular weight is 335 g/mol. The number of H-pyrrole nitrogens is 1. The molecule has 126 valence electrons. The van der Waals surface area contributed by atoms with Crippen LogP contribution in [0, 0.1) is 6.92 Å². The summed E-state index contributed by atoms with van der Waals surface area (Å²) in [6.45, 7) is 2.36. The summed E-state index contributed by atoms with van der Waals surface area (Å²) in [7, 11) is 1.94. The largest absolute Gasteiger partial charge is 0.486 e. The molecule has 0 spiro atoms. The standard InChI is InChI=1S/C17H17N7O/c1-10-6-13(24(2)22-10)12-5-3-4-11(7-12)9-25-14-8-15(18)19-17-16(14)20-23-21-17/h3-8H,9H2,1-2H3,(H3,18,19,20,21,23). The zero-order chi connectivity index (χ0) is 17.4. The number of hydrogen-bond acceptors (Lipinski definition) is 6. The van der Waals surface area contributed by atoms with Crippen LogP contribution in [0.2, 0.25) is 0 Å². The molecule has 4 rings (SSSR count). The molecule has 25 heavy (non-hydrogen) atoms. The third-order valence-corrected chi connectivity index (χ3v) is 3.90. The van der Waals surface area contributed by atoms with Gasteiger partial charge in [-0.1, -0.05) is 18.2 Å². The van der Waals surface area contributed by atoms with Gasteiger partial charge in [-0.15, -0.1) is 5.10 Å². The van der Waals surface area contributed by atoms with E-state index in [9.17, 15) is 0 Å². The second-order valence-electron chi connectivity index (χ2n) is 5.82. The van der Waals surface area contributed by atoms with Crippen LogP contribution in [0.1, 0.15) is 11.3 Å². The molecule has 0 unspecified atom stereocenters. The Kier molecular flexibility index (Phi) is 3.57. The Hall–Kier alpha value is -3.42. The fourth-order valence-electron chi connectivity index (χ4n) is 2.80. The van der Waals surface area contributed by atoms with Gasteiger partial charge in [0.1, 0.15) is 12.4 Å². The van der Waals surface area contributed by atoms with Crippen LogP contribution in [0.5, 0.6) is 5.75 Å². The number of nitrogen functional groups attached to an aromatic ring is 1.